The maximum atomic E-state index is 12.5. The molecular formula is C16H17ClN2O6S. The molecule has 0 aliphatic heterocycles. The summed E-state index contributed by atoms with van der Waals surface area (Å²) >= 11 is 6.00. The molecule has 140 valence electrons. The zero-order valence-electron chi connectivity index (χ0n) is 14.2. The van der Waals surface area contributed by atoms with Crippen LogP contribution in [0.5, 0.6) is 23.0 Å². The van der Waals surface area contributed by atoms with Crippen molar-refractivity contribution >= 4 is 27.8 Å². The number of rotatable bonds is 7. The molecule has 10 heteroatoms. The molecule has 2 aromatic carbocycles. The predicted molar refractivity (Wildman–Crippen MR) is 97.1 cm³/mol. The molecule has 0 radical (unpaired) electrons. The standard InChI is InChI=1S/C16H17ClN2O6S/c1-23-11-5-7-12(24-2)14(8-11)26(21,22)19-18-9-10-4-6-13(25-3)16(20)15(10)17/h4-9,19-20H,1-3H3/b18-9+. The predicted octanol–water partition coefficient (Wildman–Crippen LogP) is 2.38. The smallest absolute Gasteiger partial charge is 0.280 e. The van der Waals surface area contributed by atoms with Gasteiger partial charge in [0.05, 0.1) is 32.6 Å². The van der Waals surface area contributed by atoms with Crippen LogP contribution in [0.1, 0.15) is 5.56 Å². The molecule has 0 aliphatic rings. The summed E-state index contributed by atoms with van der Waals surface area (Å²) in [6.07, 6.45) is 1.16. The van der Waals surface area contributed by atoms with Crippen LogP contribution in [0.25, 0.3) is 0 Å². The van der Waals surface area contributed by atoms with E-state index in [9.17, 15) is 13.5 Å². The van der Waals surface area contributed by atoms with Crippen LogP contribution in [0.2, 0.25) is 5.02 Å². The van der Waals surface area contributed by atoms with Crippen molar-refractivity contribution in [1.82, 2.24) is 4.83 Å². The summed E-state index contributed by atoms with van der Waals surface area (Å²) in [4.78, 5) is 1.92. The minimum absolute atomic E-state index is 0.0220. The van der Waals surface area contributed by atoms with Crippen molar-refractivity contribution < 1.29 is 27.7 Å². The molecule has 0 aromatic heterocycles. The summed E-state index contributed by atoms with van der Waals surface area (Å²) in [6, 6.07) is 7.34. The number of hydrogen-bond acceptors (Lipinski definition) is 7. The van der Waals surface area contributed by atoms with E-state index in [0.29, 0.717) is 11.3 Å². The topological polar surface area (TPSA) is 106 Å². The van der Waals surface area contributed by atoms with Gasteiger partial charge in [0.15, 0.2) is 11.5 Å². The third-order valence-corrected chi connectivity index (χ3v) is 5.01. The monoisotopic (exact) mass is 400 g/mol. The number of halogens is 1. The number of sulfonamides is 1. The summed E-state index contributed by atoms with van der Waals surface area (Å²) in [5.74, 6) is 0.399. The van der Waals surface area contributed by atoms with E-state index in [1.807, 2.05) is 0 Å². The maximum absolute atomic E-state index is 12.5. The Morgan fingerprint density at radius 2 is 1.73 bits per heavy atom. The van der Waals surface area contributed by atoms with Crippen molar-refractivity contribution in [3.05, 3.63) is 40.9 Å². The highest BCUT2D eigenvalue weighted by Gasteiger charge is 2.20. The highest BCUT2D eigenvalue weighted by atomic mass is 35.5. The fraction of sp³-hybridized carbons (Fsp3) is 0.188. The number of benzene rings is 2. The molecule has 2 rings (SSSR count). The van der Waals surface area contributed by atoms with E-state index in [-0.39, 0.29) is 27.2 Å². The number of methoxy groups -OCH3 is 3. The van der Waals surface area contributed by atoms with Crippen LogP contribution >= 0.6 is 11.6 Å². The quantitative estimate of drug-likeness (QED) is 0.546. The average molecular weight is 401 g/mol. The second-order valence-corrected chi connectivity index (χ2v) is 6.90. The van der Waals surface area contributed by atoms with Gasteiger partial charge in [-0.1, -0.05) is 11.6 Å². The number of phenols is 1. The Labute approximate surface area is 156 Å². The van der Waals surface area contributed by atoms with Crippen LogP contribution in [0.3, 0.4) is 0 Å². The van der Waals surface area contributed by atoms with E-state index in [4.69, 9.17) is 25.8 Å². The van der Waals surface area contributed by atoms with Crippen LogP contribution in [0.15, 0.2) is 40.3 Å². The molecule has 2 aromatic rings. The Kier molecular flexibility index (Phi) is 6.17. The van der Waals surface area contributed by atoms with Crippen LogP contribution in [-0.4, -0.2) is 41.1 Å². The first-order valence-electron chi connectivity index (χ1n) is 7.16. The number of hydrazone groups is 1. The Bertz CT molecular complexity index is 931. The lowest BCUT2D eigenvalue weighted by Crippen LogP contribution is -2.19. The van der Waals surface area contributed by atoms with Crippen molar-refractivity contribution in [3.8, 4) is 23.0 Å². The number of nitrogens with one attached hydrogen (secondary N) is 1. The molecule has 0 amide bonds. The van der Waals surface area contributed by atoms with Gasteiger partial charge in [-0.3, -0.25) is 0 Å². The van der Waals surface area contributed by atoms with E-state index in [0.717, 1.165) is 6.21 Å². The summed E-state index contributed by atoms with van der Waals surface area (Å²) < 4.78 is 39.9. The Morgan fingerprint density at radius 1 is 1.08 bits per heavy atom. The largest absolute Gasteiger partial charge is 0.503 e. The molecule has 26 heavy (non-hydrogen) atoms. The highest BCUT2D eigenvalue weighted by Crippen LogP contribution is 2.35. The molecule has 8 nitrogen and oxygen atoms in total. The van der Waals surface area contributed by atoms with Crippen molar-refractivity contribution in [3.63, 3.8) is 0 Å². The molecule has 0 bridgehead atoms. The van der Waals surface area contributed by atoms with Gasteiger partial charge in [-0.25, -0.2) is 0 Å². The molecule has 0 heterocycles. The van der Waals surface area contributed by atoms with E-state index in [1.54, 1.807) is 6.07 Å². The van der Waals surface area contributed by atoms with Gasteiger partial charge in [0, 0.05) is 11.6 Å². The zero-order valence-corrected chi connectivity index (χ0v) is 15.8. The summed E-state index contributed by atoms with van der Waals surface area (Å²) in [6.45, 7) is 0. The molecule has 0 spiro atoms. The lowest BCUT2D eigenvalue weighted by molar-refractivity contribution is 0.373. The molecule has 0 saturated heterocycles. The molecule has 0 fully saturated rings. The van der Waals surface area contributed by atoms with Gasteiger partial charge in [-0.05, 0) is 24.3 Å². The van der Waals surface area contributed by atoms with Crippen LogP contribution in [0.4, 0.5) is 0 Å². The molecule has 0 unspecified atom stereocenters. The van der Waals surface area contributed by atoms with Crippen LogP contribution in [-0.2, 0) is 10.0 Å². The number of nitrogens with zero attached hydrogens (tertiary/aromatic N) is 1. The van der Waals surface area contributed by atoms with E-state index >= 15 is 0 Å². The zero-order chi connectivity index (χ0) is 19.3. The Balaban J connectivity index is 2.29. The molecular weight excluding hydrogens is 384 g/mol. The number of aromatic hydroxyl groups is 1. The van der Waals surface area contributed by atoms with E-state index < -0.39 is 10.0 Å². The lowest BCUT2D eigenvalue weighted by atomic mass is 10.2. The first kappa shape index (κ1) is 19.7. The van der Waals surface area contributed by atoms with Gasteiger partial charge in [-0.15, -0.1) is 0 Å². The lowest BCUT2D eigenvalue weighted by Gasteiger charge is -2.10. The minimum Gasteiger partial charge on any atom is -0.503 e. The average Bonchev–Trinajstić information content (AvgIpc) is 2.64. The number of ether oxygens (including phenoxy) is 3. The summed E-state index contributed by atoms with van der Waals surface area (Å²) in [5, 5.41) is 13.5. The van der Waals surface area contributed by atoms with Gasteiger partial charge in [0.1, 0.15) is 16.4 Å². The Hall–Kier alpha value is -2.65. The molecule has 0 aliphatic carbocycles. The van der Waals surface area contributed by atoms with Crippen molar-refractivity contribution in [1.29, 1.82) is 0 Å². The first-order valence-corrected chi connectivity index (χ1v) is 9.02. The molecule has 2 N–H and O–H groups in total. The summed E-state index contributed by atoms with van der Waals surface area (Å²) in [7, 11) is 0.129. The van der Waals surface area contributed by atoms with Crippen molar-refractivity contribution in [2.24, 2.45) is 5.10 Å². The van der Waals surface area contributed by atoms with Crippen molar-refractivity contribution in [2.45, 2.75) is 4.90 Å². The summed E-state index contributed by atoms with van der Waals surface area (Å²) in [5.41, 5.74) is 0.297. The molecule has 0 atom stereocenters. The van der Waals surface area contributed by atoms with E-state index in [1.165, 1.54) is 45.6 Å². The van der Waals surface area contributed by atoms with Crippen LogP contribution < -0.4 is 19.0 Å². The van der Waals surface area contributed by atoms with E-state index in [2.05, 4.69) is 9.93 Å². The fourth-order valence-electron chi connectivity index (χ4n) is 2.04. The second-order valence-electron chi connectivity index (χ2n) is 4.89. The minimum atomic E-state index is -4.02. The van der Waals surface area contributed by atoms with Gasteiger partial charge in [0.2, 0.25) is 0 Å². The molecule has 0 saturated carbocycles. The Morgan fingerprint density at radius 3 is 2.35 bits per heavy atom. The van der Waals surface area contributed by atoms with Gasteiger partial charge in [0.25, 0.3) is 10.0 Å². The van der Waals surface area contributed by atoms with Crippen molar-refractivity contribution in [2.75, 3.05) is 21.3 Å². The number of hydrogen-bond donors (Lipinski definition) is 2. The second kappa shape index (κ2) is 8.15. The normalized spacial score (nSPS) is 11.4. The third kappa shape index (κ3) is 4.12. The van der Waals surface area contributed by atoms with Gasteiger partial charge >= 0.3 is 0 Å². The maximum Gasteiger partial charge on any atom is 0.280 e. The van der Waals surface area contributed by atoms with Crippen LogP contribution in [0, 0.1) is 0 Å². The number of phenolic OH excluding ortho intramolecular Hbond substituents is 1. The fourth-order valence-corrected chi connectivity index (χ4v) is 3.22. The van der Waals surface area contributed by atoms with Gasteiger partial charge in [-0.2, -0.15) is 18.4 Å². The first-order chi connectivity index (χ1) is 12.3. The highest BCUT2D eigenvalue weighted by molar-refractivity contribution is 7.89. The van der Waals surface area contributed by atoms with Gasteiger partial charge < -0.3 is 19.3 Å². The SMILES string of the molecule is COc1ccc(OC)c(S(=O)(=O)N/N=C/c2ccc(OC)c(O)c2Cl)c1. The third-order valence-electron chi connectivity index (χ3n) is 3.37.